The van der Waals surface area contributed by atoms with Crippen LogP contribution in [-0.2, 0) is 11.3 Å². The summed E-state index contributed by atoms with van der Waals surface area (Å²) in [7, 11) is 1.28. The fourth-order valence-corrected chi connectivity index (χ4v) is 2.38. The molecule has 1 aliphatic rings. The second-order valence-electron chi connectivity index (χ2n) is 5.36. The minimum absolute atomic E-state index is 0.175. The molecule has 0 radical (unpaired) electrons. The average Bonchev–Trinajstić information content (AvgIpc) is 3.38. The lowest BCUT2D eigenvalue weighted by Gasteiger charge is -2.09. The second kappa shape index (κ2) is 6.50. The van der Waals surface area contributed by atoms with Crippen molar-refractivity contribution in [1.82, 2.24) is 9.97 Å². The highest BCUT2D eigenvalue weighted by Crippen LogP contribution is 2.38. The Morgan fingerprint density at radius 3 is 2.87 bits per heavy atom. The van der Waals surface area contributed by atoms with Crippen LogP contribution in [0.4, 0.5) is 10.2 Å². The van der Waals surface area contributed by atoms with Crippen molar-refractivity contribution in [3.05, 3.63) is 52.2 Å². The molecule has 7 heteroatoms. The minimum atomic E-state index is -0.507. The standard InChI is InChI=1S/C16H15ClFN3O2/c1-23-16(22)10-4-5-12(18)11(6-10)8-19-14-7-13(17)20-15(21-14)9-2-3-9/h4-7,9H,2-3,8H2,1H3,(H,19,20,21). The maximum Gasteiger partial charge on any atom is 0.337 e. The number of nitrogens with zero attached hydrogens (tertiary/aromatic N) is 2. The van der Waals surface area contributed by atoms with E-state index in [4.69, 9.17) is 11.6 Å². The Labute approximate surface area is 137 Å². The van der Waals surface area contributed by atoms with Gasteiger partial charge in [0.2, 0.25) is 0 Å². The van der Waals surface area contributed by atoms with Crippen molar-refractivity contribution in [3.63, 3.8) is 0 Å². The number of methoxy groups -OCH3 is 1. The monoisotopic (exact) mass is 335 g/mol. The summed E-state index contributed by atoms with van der Waals surface area (Å²) in [5.41, 5.74) is 0.640. The van der Waals surface area contributed by atoms with Gasteiger partial charge < -0.3 is 10.1 Å². The van der Waals surface area contributed by atoms with E-state index in [9.17, 15) is 9.18 Å². The Hall–Kier alpha value is -2.21. The maximum absolute atomic E-state index is 13.9. The molecule has 0 unspecified atom stereocenters. The third kappa shape index (κ3) is 3.76. The Morgan fingerprint density at radius 2 is 2.17 bits per heavy atom. The molecule has 1 N–H and O–H groups in total. The Kier molecular flexibility index (Phi) is 4.43. The lowest BCUT2D eigenvalue weighted by molar-refractivity contribution is 0.0600. The van der Waals surface area contributed by atoms with Gasteiger partial charge in [-0.1, -0.05) is 11.6 Å². The first-order chi connectivity index (χ1) is 11.1. The van der Waals surface area contributed by atoms with Gasteiger partial charge in [0.25, 0.3) is 0 Å². The van der Waals surface area contributed by atoms with Crippen LogP contribution in [0.5, 0.6) is 0 Å². The zero-order valence-electron chi connectivity index (χ0n) is 12.5. The van der Waals surface area contributed by atoms with E-state index in [-0.39, 0.29) is 6.54 Å². The number of aromatic nitrogens is 2. The molecule has 5 nitrogen and oxygen atoms in total. The summed E-state index contributed by atoms with van der Waals surface area (Å²) in [6.45, 7) is 0.175. The number of ether oxygens (including phenoxy) is 1. The molecular weight excluding hydrogens is 321 g/mol. The summed E-state index contributed by atoms with van der Waals surface area (Å²) < 4.78 is 18.5. The smallest absolute Gasteiger partial charge is 0.337 e. The molecule has 3 rings (SSSR count). The lowest BCUT2D eigenvalue weighted by Crippen LogP contribution is -2.08. The van der Waals surface area contributed by atoms with E-state index in [1.807, 2.05) is 0 Å². The molecule has 0 bridgehead atoms. The Bertz CT molecular complexity index is 750. The molecule has 23 heavy (non-hydrogen) atoms. The number of benzene rings is 1. The molecule has 1 aromatic heterocycles. The Morgan fingerprint density at radius 1 is 1.39 bits per heavy atom. The number of nitrogens with one attached hydrogen (secondary N) is 1. The summed E-state index contributed by atoms with van der Waals surface area (Å²) in [6.07, 6.45) is 2.13. The van der Waals surface area contributed by atoms with Crippen molar-refractivity contribution in [2.24, 2.45) is 0 Å². The molecule has 1 fully saturated rings. The van der Waals surface area contributed by atoms with E-state index in [0.29, 0.717) is 33.8 Å². The van der Waals surface area contributed by atoms with Crippen LogP contribution < -0.4 is 5.32 Å². The number of carbonyl (C=O) groups excluding carboxylic acids is 1. The van der Waals surface area contributed by atoms with Gasteiger partial charge in [0.15, 0.2) is 0 Å². The largest absolute Gasteiger partial charge is 0.465 e. The number of esters is 1. The number of rotatable bonds is 5. The first-order valence-electron chi connectivity index (χ1n) is 7.22. The van der Waals surface area contributed by atoms with E-state index in [1.54, 1.807) is 6.07 Å². The van der Waals surface area contributed by atoms with Gasteiger partial charge in [-0.25, -0.2) is 19.2 Å². The molecule has 0 spiro atoms. The molecule has 120 valence electrons. The summed E-state index contributed by atoms with van der Waals surface area (Å²) >= 11 is 5.99. The van der Waals surface area contributed by atoms with Crippen LogP contribution in [0, 0.1) is 5.82 Å². The van der Waals surface area contributed by atoms with Crippen molar-refractivity contribution in [2.75, 3.05) is 12.4 Å². The predicted octanol–water partition coefficient (Wildman–Crippen LogP) is 3.55. The van der Waals surface area contributed by atoms with Gasteiger partial charge in [0.1, 0.15) is 22.6 Å². The van der Waals surface area contributed by atoms with E-state index in [0.717, 1.165) is 12.8 Å². The molecule has 0 atom stereocenters. The number of halogens is 2. The highest BCUT2D eigenvalue weighted by Gasteiger charge is 2.27. The van der Waals surface area contributed by atoms with Crippen LogP contribution in [0.15, 0.2) is 24.3 Å². The molecule has 0 aliphatic heterocycles. The molecule has 1 saturated carbocycles. The van der Waals surface area contributed by atoms with E-state index < -0.39 is 11.8 Å². The summed E-state index contributed by atoms with van der Waals surface area (Å²) in [6, 6.07) is 5.68. The molecular formula is C16H15ClFN3O2. The molecule has 1 aliphatic carbocycles. The normalized spacial score (nSPS) is 13.7. The third-order valence-corrected chi connectivity index (χ3v) is 3.78. The van der Waals surface area contributed by atoms with Crippen LogP contribution in [0.3, 0.4) is 0 Å². The van der Waals surface area contributed by atoms with Crippen LogP contribution in [0.25, 0.3) is 0 Å². The van der Waals surface area contributed by atoms with Gasteiger partial charge >= 0.3 is 5.97 Å². The number of anilines is 1. The highest BCUT2D eigenvalue weighted by atomic mass is 35.5. The first-order valence-corrected chi connectivity index (χ1v) is 7.59. The van der Waals surface area contributed by atoms with Crippen molar-refractivity contribution in [2.45, 2.75) is 25.3 Å². The van der Waals surface area contributed by atoms with E-state index in [1.165, 1.54) is 25.3 Å². The number of hydrogen-bond acceptors (Lipinski definition) is 5. The molecule has 0 amide bonds. The van der Waals surface area contributed by atoms with E-state index in [2.05, 4.69) is 20.0 Å². The summed E-state index contributed by atoms with van der Waals surface area (Å²) in [5.74, 6) is 0.701. The molecule has 2 aromatic rings. The Balaban J connectivity index is 1.76. The highest BCUT2D eigenvalue weighted by molar-refractivity contribution is 6.29. The van der Waals surface area contributed by atoms with Crippen LogP contribution in [0.2, 0.25) is 5.15 Å². The topological polar surface area (TPSA) is 64.1 Å². The number of carbonyl (C=O) groups is 1. The van der Waals surface area contributed by atoms with Crippen molar-refractivity contribution in [1.29, 1.82) is 0 Å². The lowest BCUT2D eigenvalue weighted by atomic mass is 10.1. The van der Waals surface area contributed by atoms with Gasteiger partial charge in [-0.2, -0.15) is 0 Å². The zero-order chi connectivity index (χ0) is 16.4. The third-order valence-electron chi connectivity index (χ3n) is 3.58. The van der Waals surface area contributed by atoms with Crippen LogP contribution >= 0.6 is 11.6 Å². The van der Waals surface area contributed by atoms with Crippen LogP contribution in [-0.4, -0.2) is 23.0 Å². The fraction of sp³-hybridized carbons (Fsp3) is 0.312. The van der Waals surface area contributed by atoms with E-state index >= 15 is 0 Å². The van der Waals surface area contributed by atoms with Gasteiger partial charge in [0, 0.05) is 24.1 Å². The van der Waals surface area contributed by atoms with Gasteiger partial charge in [-0.15, -0.1) is 0 Å². The second-order valence-corrected chi connectivity index (χ2v) is 5.75. The SMILES string of the molecule is COC(=O)c1ccc(F)c(CNc2cc(Cl)nc(C3CC3)n2)c1. The van der Waals surface area contributed by atoms with Gasteiger partial charge in [-0.3, -0.25) is 0 Å². The quantitative estimate of drug-likeness (QED) is 0.668. The fourth-order valence-electron chi connectivity index (χ4n) is 2.19. The molecule has 0 saturated heterocycles. The van der Waals surface area contributed by atoms with Crippen molar-refractivity contribution >= 4 is 23.4 Å². The zero-order valence-corrected chi connectivity index (χ0v) is 13.2. The summed E-state index contributed by atoms with van der Waals surface area (Å²) in [4.78, 5) is 20.1. The van der Waals surface area contributed by atoms with Crippen molar-refractivity contribution in [3.8, 4) is 0 Å². The predicted molar refractivity (Wildman–Crippen MR) is 84.1 cm³/mol. The van der Waals surface area contributed by atoms with Gasteiger partial charge in [0.05, 0.1) is 12.7 Å². The van der Waals surface area contributed by atoms with Crippen molar-refractivity contribution < 1.29 is 13.9 Å². The first kappa shape index (κ1) is 15.7. The molecule has 1 heterocycles. The van der Waals surface area contributed by atoms with Crippen LogP contribution in [0.1, 0.15) is 40.5 Å². The summed E-state index contributed by atoms with van der Waals surface area (Å²) in [5, 5.41) is 3.38. The minimum Gasteiger partial charge on any atom is -0.465 e. The number of hydrogen-bond donors (Lipinski definition) is 1. The molecule has 1 aromatic carbocycles. The van der Waals surface area contributed by atoms with Gasteiger partial charge in [-0.05, 0) is 31.0 Å². The average molecular weight is 336 g/mol. The maximum atomic E-state index is 13.9.